The maximum atomic E-state index is 4.32. The van der Waals surface area contributed by atoms with Crippen LogP contribution >= 0.6 is 0 Å². The van der Waals surface area contributed by atoms with Gasteiger partial charge in [0.05, 0.1) is 0 Å². The number of rotatable bonds is 6. The molecule has 0 bridgehead atoms. The minimum absolute atomic E-state index is 0.517. The molecule has 1 fully saturated rings. The zero-order chi connectivity index (χ0) is 14.4. The normalized spacial score (nSPS) is 24.6. The summed E-state index contributed by atoms with van der Waals surface area (Å²) >= 11 is 0. The van der Waals surface area contributed by atoms with E-state index in [0.717, 1.165) is 24.8 Å². The van der Waals surface area contributed by atoms with Gasteiger partial charge in [-0.3, -0.25) is 4.98 Å². The second-order valence-corrected chi connectivity index (χ2v) is 6.08. The van der Waals surface area contributed by atoms with E-state index >= 15 is 0 Å². The second kappa shape index (κ2) is 7.78. The van der Waals surface area contributed by atoms with E-state index in [1.165, 1.54) is 43.2 Å². The molecular weight excluding hydrogens is 244 g/mol. The number of hydrogen-bond acceptors (Lipinski definition) is 2. The maximum absolute atomic E-state index is 4.32. The van der Waals surface area contributed by atoms with E-state index in [9.17, 15) is 0 Å². The Morgan fingerprint density at radius 3 is 2.75 bits per heavy atom. The Hall–Kier alpha value is -0.890. The number of nitrogens with zero attached hydrogens (tertiary/aromatic N) is 1. The van der Waals surface area contributed by atoms with Crippen molar-refractivity contribution in [1.82, 2.24) is 10.3 Å². The molecule has 0 aromatic carbocycles. The number of aromatic nitrogens is 1. The van der Waals surface area contributed by atoms with Crippen molar-refractivity contribution >= 4 is 0 Å². The van der Waals surface area contributed by atoms with E-state index in [0.29, 0.717) is 6.04 Å². The lowest BCUT2D eigenvalue weighted by atomic mass is 9.72. The van der Waals surface area contributed by atoms with Crippen LogP contribution in [0.15, 0.2) is 18.5 Å². The van der Waals surface area contributed by atoms with Gasteiger partial charge in [-0.2, -0.15) is 0 Å². The van der Waals surface area contributed by atoms with E-state index in [1.807, 2.05) is 6.20 Å². The summed E-state index contributed by atoms with van der Waals surface area (Å²) < 4.78 is 0. The van der Waals surface area contributed by atoms with E-state index < -0.39 is 0 Å². The van der Waals surface area contributed by atoms with Crippen LogP contribution in [0.2, 0.25) is 0 Å². The zero-order valence-corrected chi connectivity index (χ0v) is 13.4. The van der Waals surface area contributed by atoms with Crippen LogP contribution in [-0.4, -0.2) is 11.5 Å². The molecule has 0 saturated heterocycles. The van der Waals surface area contributed by atoms with Crippen molar-refractivity contribution in [3.05, 3.63) is 29.6 Å². The number of hydrogen-bond donors (Lipinski definition) is 1. The third-order valence-electron chi connectivity index (χ3n) is 5.00. The Balaban J connectivity index is 2.29. The van der Waals surface area contributed by atoms with Gasteiger partial charge in [-0.15, -0.1) is 0 Å². The Labute approximate surface area is 124 Å². The monoisotopic (exact) mass is 274 g/mol. The topological polar surface area (TPSA) is 24.9 Å². The van der Waals surface area contributed by atoms with Crippen LogP contribution in [0.5, 0.6) is 0 Å². The van der Waals surface area contributed by atoms with Gasteiger partial charge in [0.1, 0.15) is 0 Å². The zero-order valence-electron chi connectivity index (χ0n) is 13.4. The summed E-state index contributed by atoms with van der Waals surface area (Å²) in [7, 11) is 0. The largest absolute Gasteiger partial charge is 0.310 e. The lowest BCUT2D eigenvalue weighted by Gasteiger charge is -2.38. The van der Waals surface area contributed by atoms with E-state index in [-0.39, 0.29) is 0 Å². The van der Waals surface area contributed by atoms with E-state index in [4.69, 9.17) is 0 Å². The fourth-order valence-electron chi connectivity index (χ4n) is 3.93. The first-order valence-corrected chi connectivity index (χ1v) is 8.47. The summed E-state index contributed by atoms with van der Waals surface area (Å²) in [6.45, 7) is 7.87. The average Bonchev–Trinajstić information content (AvgIpc) is 2.52. The molecule has 112 valence electrons. The Kier molecular flexibility index (Phi) is 6.03. The third kappa shape index (κ3) is 3.41. The SMILES string of the molecule is CCNC(c1ccncc1CC)C1CCCCC1CC. The third-order valence-corrected chi connectivity index (χ3v) is 5.00. The van der Waals surface area contributed by atoms with Gasteiger partial charge in [0.25, 0.3) is 0 Å². The summed E-state index contributed by atoms with van der Waals surface area (Å²) in [6.07, 6.45) is 12.0. The van der Waals surface area contributed by atoms with Gasteiger partial charge in [0.15, 0.2) is 0 Å². The highest BCUT2D eigenvalue weighted by molar-refractivity contribution is 5.27. The molecule has 20 heavy (non-hydrogen) atoms. The highest BCUT2D eigenvalue weighted by Gasteiger charge is 2.32. The summed E-state index contributed by atoms with van der Waals surface area (Å²) in [6, 6.07) is 2.76. The first kappa shape index (κ1) is 15.5. The highest BCUT2D eigenvalue weighted by Crippen LogP contribution is 2.41. The molecule has 1 N–H and O–H groups in total. The molecule has 1 aromatic rings. The van der Waals surface area contributed by atoms with Gasteiger partial charge in [-0.1, -0.05) is 46.5 Å². The molecule has 1 saturated carbocycles. The van der Waals surface area contributed by atoms with Crippen LogP contribution in [0, 0.1) is 11.8 Å². The van der Waals surface area contributed by atoms with Crippen molar-refractivity contribution in [2.45, 2.75) is 65.3 Å². The first-order valence-electron chi connectivity index (χ1n) is 8.47. The van der Waals surface area contributed by atoms with Crippen LogP contribution in [0.25, 0.3) is 0 Å². The lowest BCUT2D eigenvalue weighted by Crippen LogP contribution is -2.35. The molecular formula is C18H30N2. The molecule has 0 radical (unpaired) electrons. The van der Waals surface area contributed by atoms with Crippen LogP contribution in [0.3, 0.4) is 0 Å². The fraction of sp³-hybridized carbons (Fsp3) is 0.722. The van der Waals surface area contributed by atoms with Crippen molar-refractivity contribution in [1.29, 1.82) is 0 Å². The molecule has 1 heterocycles. The molecule has 1 aliphatic rings. The number of aryl methyl sites for hydroxylation is 1. The Morgan fingerprint density at radius 1 is 1.25 bits per heavy atom. The molecule has 1 aliphatic carbocycles. The van der Waals surface area contributed by atoms with Gasteiger partial charge in [-0.25, -0.2) is 0 Å². The smallest absolute Gasteiger partial charge is 0.0355 e. The van der Waals surface area contributed by atoms with Crippen molar-refractivity contribution < 1.29 is 0 Å². The minimum atomic E-state index is 0.517. The average molecular weight is 274 g/mol. The lowest BCUT2D eigenvalue weighted by molar-refractivity contribution is 0.176. The maximum Gasteiger partial charge on any atom is 0.0355 e. The van der Waals surface area contributed by atoms with Crippen molar-refractivity contribution in [3.63, 3.8) is 0 Å². The molecule has 2 heteroatoms. The predicted octanol–water partition coefficient (Wildman–Crippen LogP) is 4.51. The van der Waals surface area contributed by atoms with Gasteiger partial charge < -0.3 is 5.32 Å². The van der Waals surface area contributed by atoms with Crippen LogP contribution < -0.4 is 5.32 Å². The standard InChI is InChI=1S/C18H30N2/c1-4-14-9-7-8-10-16(14)18(20-6-3)17-11-12-19-13-15(17)5-2/h11-14,16,18,20H,4-10H2,1-3H3. The van der Waals surface area contributed by atoms with Gasteiger partial charge in [0.2, 0.25) is 0 Å². The molecule has 3 unspecified atom stereocenters. The number of nitrogens with one attached hydrogen (secondary N) is 1. The molecule has 2 rings (SSSR count). The molecule has 2 nitrogen and oxygen atoms in total. The minimum Gasteiger partial charge on any atom is -0.310 e. The molecule has 0 aliphatic heterocycles. The summed E-state index contributed by atoms with van der Waals surface area (Å²) in [4.78, 5) is 4.32. The van der Waals surface area contributed by atoms with Crippen molar-refractivity contribution in [2.24, 2.45) is 11.8 Å². The molecule has 3 atom stereocenters. The first-order chi connectivity index (χ1) is 9.81. The molecule has 0 amide bonds. The fourth-order valence-corrected chi connectivity index (χ4v) is 3.93. The van der Waals surface area contributed by atoms with Crippen LogP contribution in [0.1, 0.15) is 70.0 Å². The van der Waals surface area contributed by atoms with Gasteiger partial charge >= 0.3 is 0 Å². The van der Waals surface area contributed by atoms with Gasteiger partial charge in [-0.05, 0) is 48.4 Å². The van der Waals surface area contributed by atoms with Crippen LogP contribution in [-0.2, 0) is 6.42 Å². The van der Waals surface area contributed by atoms with Crippen LogP contribution in [0.4, 0.5) is 0 Å². The van der Waals surface area contributed by atoms with Gasteiger partial charge in [0, 0.05) is 18.4 Å². The van der Waals surface area contributed by atoms with Crippen molar-refractivity contribution in [2.75, 3.05) is 6.54 Å². The second-order valence-electron chi connectivity index (χ2n) is 6.08. The molecule has 0 spiro atoms. The molecule has 1 aromatic heterocycles. The summed E-state index contributed by atoms with van der Waals surface area (Å²) in [5.41, 5.74) is 2.91. The van der Waals surface area contributed by atoms with E-state index in [2.05, 4.69) is 43.3 Å². The number of pyridine rings is 1. The van der Waals surface area contributed by atoms with E-state index in [1.54, 1.807) is 0 Å². The quantitative estimate of drug-likeness (QED) is 0.825. The Bertz CT molecular complexity index is 402. The van der Waals surface area contributed by atoms with Crippen molar-refractivity contribution in [3.8, 4) is 0 Å². The summed E-state index contributed by atoms with van der Waals surface area (Å²) in [5.74, 6) is 1.67. The highest BCUT2D eigenvalue weighted by atomic mass is 14.9. The predicted molar refractivity (Wildman–Crippen MR) is 85.8 cm³/mol. The Morgan fingerprint density at radius 2 is 2.05 bits per heavy atom. The summed E-state index contributed by atoms with van der Waals surface area (Å²) in [5, 5.41) is 3.78.